The highest BCUT2D eigenvalue weighted by atomic mass is 16.3. The summed E-state index contributed by atoms with van der Waals surface area (Å²) >= 11 is 0. The first kappa shape index (κ1) is 11.9. The maximum atomic E-state index is 9.52. The number of benzene rings is 2. The Morgan fingerprint density at radius 1 is 0.778 bits per heavy atom. The summed E-state index contributed by atoms with van der Waals surface area (Å²) in [6.07, 6.45) is 2.99. The zero-order chi connectivity index (χ0) is 12.8. The van der Waals surface area contributed by atoms with Gasteiger partial charge in [-0.3, -0.25) is 0 Å². The lowest BCUT2D eigenvalue weighted by Crippen LogP contribution is -1.82. The second-order valence-electron chi connectivity index (χ2n) is 3.61. The van der Waals surface area contributed by atoms with Crippen LogP contribution < -0.4 is 0 Å². The van der Waals surface area contributed by atoms with Gasteiger partial charge in [0, 0.05) is 5.56 Å². The van der Waals surface area contributed by atoms with Gasteiger partial charge in [0.05, 0.1) is 12.4 Å². The van der Waals surface area contributed by atoms with E-state index in [0.29, 0.717) is 5.56 Å². The van der Waals surface area contributed by atoms with E-state index in [1.165, 1.54) is 12.3 Å². The smallest absolute Gasteiger partial charge is 0.166 e. The van der Waals surface area contributed by atoms with E-state index in [4.69, 9.17) is 0 Å². The van der Waals surface area contributed by atoms with E-state index in [1.54, 1.807) is 18.3 Å². The van der Waals surface area contributed by atoms with Crippen LogP contribution in [0, 0.1) is 0 Å². The molecule has 0 aromatic heterocycles. The SMILES string of the molecule is Oc1cccc(/C=N/N=C/c2ccccc2)c1O. The summed E-state index contributed by atoms with van der Waals surface area (Å²) in [7, 11) is 0. The molecular weight excluding hydrogens is 228 g/mol. The number of phenols is 2. The first-order valence-electron chi connectivity index (χ1n) is 5.40. The van der Waals surface area contributed by atoms with E-state index in [-0.39, 0.29) is 11.5 Å². The maximum Gasteiger partial charge on any atom is 0.166 e. The average Bonchev–Trinajstić information content (AvgIpc) is 2.40. The molecule has 0 amide bonds. The molecule has 0 unspecified atom stereocenters. The lowest BCUT2D eigenvalue weighted by molar-refractivity contribution is 0.403. The maximum absolute atomic E-state index is 9.52. The highest BCUT2D eigenvalue weighted by Crippen LogP contribution is 2.26. The number of para-hydroxylation sites is 1. The summed E-state index contributed by atoms with van der Waals surface area (Å²) < 4.78 is 0. The van der Waals surface area contributed by atoms with Gasteiger partial charge in [-0.25, -0.2) is 0 Å². The summed E-state index contributed by atoms with van der Waals surface area (Å²) in [6, 6.07) is 14.2. The summed E-state index contributed by atoms with van der Waals surface area (Å²) in [6.45, 7) is 0. The van der Waals surface area contributed by atoms with Gasteiger partial charge in [0.25, 0.3) is 0 Å². The molecule has 0 saturated heterocycles. The molecule has 90 valence electrons. The number of aromatic hydroxyl groups is 2. The molecule has 4 heteroatoms. The molecule has 0 fully saturated rings. The summed E-state index contributed by atoms with van der Waals surface area (Å²) in [5.41, 5.74) is 1.36. The molecule has 0 atom stereocenters. The van der Waals surface area contributed by atoms with E-state index in [1.807, 2.05) is 30.3 Å². The van der Waals surface area contributed by atoms with Crippen LogP contribution >= 0.6 is 0 Å². The Morgan fingerprint density at radius 3 is 2.28 bits per heavy atom. The monoisotopic (exact) mass is 240 g/mol. The Balaban J connectivity index is 2.08. The van der Waals surface area contributed by atoms with Gasteiger partial charge < -0.3 is 10.2 Å². The minimum Gasteiger partial charge on any atom is -0.504 e. The van der Waals surface area contributed by atoms with Crippen LogP contribution in [0.1, 0.15) is 11.1 Å². The van der Waals surface area contributed by atoms with Gasteiger partial charge in [0.1, 0.15) is 0 Å². The normalized spacial score (nSPS) is 11.3. The molecule has 18 heavy (non-hydrogen) atoms. The van der Waals surface area contributed by atoms with Gasteiger partial charge in [-0.05, 0) is 17.7 Å². The molecule has 4 nitrogen and oxygen atoms in total. The number of phenolic OH excluding ortho intramolecular Hbond substituents is 2. The third kappa shape index (κ3) is 2.95. The second kappa shape index (κ2) is 5.63. The minimum absolute atomic E-state index is 0.175. The molecule has 2 aromatic carbocycles. The molecule has 2 aromatic rings. The standard InChI is InChI=1S/C14H12N2O2/c17-13-8-4-7-12(14(13)18)10-16-15-9-11-5-2-1-3-6-11/h1-10,17-18H/b15-9+,16-10+. The molecule has 0 bridgehead atoms. The quantitative estimate of drug-likeness (QED) is 0.492. The lowest BCUT2D eigenvalue weighted by Gasteiger charge is -1.98. The van der Waals surface area contributed by atoms with Crippen molar-refractivity contribution in [2.45, 2.75) is 0 Å². The fourth-order valence-electron chi connectivity index (χ4n) is 1.39. The van der Waals surface area contributed by atoms with Gasteiger partial charge in [-0.2, -0.15) is 10.2 Å². The van der Waals surface area contributed by atoms with Gasteiger partial charge in [0.15, 0.2) is 11.5 Å². The molecule has 0 spiro atoms. The third-order valence-corrected chi connectivity index (χ3v) is 2.32. The largest absolute Gasteiger partial charge is 0.504 e. The van der Waals surface area contributed by atoms with Crippen molar-refractivity contribution in [3.63, 3.8) is 0 Å². The number of rotatable bonds is 3. The van der Waals surface area contributed by atoms with E-state index < -0.39 is 0 Å². The Morgan fingerprint density at radius 2 is 1.50 bits per heavy atom. The van der Waals surface area contributed by atoms with Crippen LogP contribution in [-0.2, 0) is 0 Å². The summed E-state index contributed by atoms with van der Waals surface area (Å²) in [5.74, 6) is -0.373. The van der Waals surface area contributed by atoms with Crippen molar-refractivity contribution in [1.82, 2.24) is 0 Å². The highest BCUT2D eigenvalue weighted by Gasteiger charge is 2.01. The summed E-state index contributed by atoms with van der Waals surface area (Å²) in [5, 5.41) is 26.5. The van der Waals surface area contributed by atoms with Gasteiger partial charge in [-0.15, -0.1) is 0 Å². The highest BCUT2D eigenvalue weighted by molar-refractivity contribution is 5.85. The minimum atomic E-state index is -0.198. The third-order valence-electron chi connectivity index (χ3n) is 2.32. The van der Waals surface area contributed by atoms with Gasteiger partial charge in [0.2, 0.25) is 0 Å². The van der Waals surface area contributed by atoms with Crippen LogP contribution in [0.15, 0.2) is 58.7 Å². The zero-order valence-corrected chi connectivity index (χ0v) is 9.56. The fraction of sp³-hybridized carbons (Fsp3) is 0. The van der Waals surface area contributed by atoms with E-state index >= 15 is 0 Å². The number of hydrogen-bond acceptors (Lipinski definition) is 4. The van der Waals surface area contributed by atoms with Crippen molar-refractivity contribution < 1.29 is 10.2 Å². The van der Waals surface area contributed by atoms with Crippen molar-refractivity contribution in [3.05, 3.63) is 59.7 Å². The Labute approximate surface area is 105 Å². The molecule has 0 heterocycles. The fourth-order valence-corrected chi connectivity index (χ4v) is 1.39. The number of hydrogen-bond donors (Lipinski definition) is 2. The second-order valence-corrected chi connectivity index (χ2v) is 3.61. The van der Waals surface area contributed by atoms with Crippen LogP contribution in [0.3, 0.4) is 0 Å². The first-order valence-corrected chi connectivity index (χ1v) is 5.40. The van der Waals surface area contributed by atoms with E-state index in [0.717, 1.165) is 5.56 Å². The molecule has 0 aliphatic carbocycles. The van der Waals surface area contributed by atoms with Crippen LogP contribution in [0.4, 0.5) is 0 Å². The van der Waals surface area contributed by atoms with Crippen molar-refractivity contribution in [2.75, 3.05) is 0 Å². The Bertz CT molecular complexity index is 578. The predicted octanol–water partition coefficient (Wildman–Crippen LogP) is 2.55. The van der Waals surface area contributed by atoms with Crippen molar-refractivity contribution in [1.29, 1.82) is 0 Å². The van der Waals surface area contributed by atoms with E-state index in [9.17, 15) is 10.2 Å². The number of nitrogens with zero attached hydrogens (tertiary/aromatic N) is 2. The molecule has 0 saturated carbocycles. The molecule has 0 aliphatic rings. The topological polar surface area (TPSA) is 65.2 Å². The van der Waals surface area contributed by atoms with Crippen LogP contribution in [0.25, 0.3) is 0 Å². The van der Waals surface area contributed by atoms with Gasteiger partial charge in [-0.1, -0.05) is 36.4 Å². The predicted molar refractivity (Wildman–Crippen MR) is 71.4 cm³/mol. The average molecular weight is 240 g/mol. The Hall–Kier alpha value is -2.62. The van der Waals surface area contributed by atoms with Crippen molar-refractivity contribution in [2.24, 2.45) is 10.2 Å². The summed E-state index contributed by atoms with van der Waals surface area (Å²) in [4.78, 5) is 0. The van der Waals surface area contributed by atoms with Gasteiger partial charge >= 0.3 is 0 Å². The van der Waals surface area contributed by atoms with Crippen LogP contribution in [0.2, 0.25) is 0 Å². The first-order chi connectivity index (χ1) is 8.77. The van der Waals surface area contributed by atoms with Crippen molar-refractivity contribution in [3.8, 4) is 11.5 Å². The molecule has 0 aliphatic heterocycles. The molecule has 2 N–H and O–H groups in total. The van der Waals surface area contributed by atoms with E-state index in [2.05, 4.69) is 10.2 Å². The molecule has 2 rings (SSSR count). The Kier molecular flexibility index (Phi) is 3.71. The van der Waals surface area contributed by atoms with Crippen molar-refractivity contribution >= 4 is 12.4 Å². The van der Waals surface area contributed by atoms with Crippen LogP contribution in [-0.4, -0.2) is 22.6 Å². The van der Waals surface area contributed by atoms with Crippen LogP contribution in [0.5, 0.6) is 11.5 Å². The lowest BCUT2D eigenvalue weighted by atomic mass is 10.2. The molecule has 0 radical (unpaired) electrons. The molecular formula is C14H12N2O2. The zero-order valence-electron chi connectivity index (χ0n) is 9.56.